The average Bonchev–Trinajstić information content (AvgIpc) is 3.47. The van der Waals surface area contributed by atoms with Gasteiger partial charge in [0.25, 0.3) is 0 Å². The fourth-order valence-electron chi connectivity index (χ4n) is 4.34. The van der Waals surface area contributed by atoms with Crippen LogP contribution in [0.25, 0.3) is 10.9 Å². The van der Waals surface area contributed by atoms with Crippen molar-refractivity contribution in [3.05, 3.63) is 36.0 Å². The lowest BCUT2D eigenvalue weighted by Gasteiger charge is -2.31. The van der Waals surface area contributed by atoms with Gasteiger partial charge in [-0.05, 0) is 36.8 Å². The summed E-state index contributed by atoms with van der Waals surface area (Å²) in [4.78, 5) is 54.6. The van der Waals surface area contributed by atoms with E-state index >= 15 is 0 Å². The summed E-state index contributed by atoms with van der Waals surface area (Å²) in [5.74, 6) is -3.20. The molecule has 1 aromatic carbocycles. The van der Waals surface area contributed by atoms with Crippen molar-refractivity contribution >= 4 is 34.6 Å². The number of carboxylic acid groups (broad SMARTS) is 1. The van der Waals surface area contributed by atoms with Crippen LogP contribution in [0.3, 0.4) is 0 Å². The summed E-state index contributed by atoms with van der Waals surface area (Å²) in [6.07, 6.45) is 3.00. The highest BCUT2D eigenvalue weighted by atomic mass is 16.4. The predicted molar refractivity (Wildman–Crippen MR) is 128 cm³/mol. The van der Waals surface area contributed by atoms with Gasteiger partial charge in [0.05, 0.1) is 12.6 Å². The number of amides is 3. The van der Waals surface area contributed by atoms with Crippen molar-refractivity contribution < 1.29 is 29.4 Å². The van der Waals surface area contributed by atoms with Crippen LogP contribution < -0.4 is 16.4 Å². The number of hydrogen-bond donors (Lipinski definition) is 6. The van der Waals surface area contributed by atoms with Gasteiger partial charge in [-0.2, -0.15) is 0 Å². The molecule has 0 spiro atoms. The van der Waals surface area contributed by atoms with E-state index in [1.54, 1.807) is 13.8 Å². The molecule has 1 saturated heterocycles. The minimum absolute atomic E-state index is 0.278. The third-order valence-corrected chi connectivity index (χ3v) is 6.32. The van der Waals surface area contributed by atoms with Crippen molar-refractivity contribution in [1.29, 1.82) is 0 Å². The number of aliphatic carboxylic acids is 1. The van der Waals surface area contributed by atoms with Crippen LogP contribution in [-0.2, 0) is 25.6 Å². The van der Waals surface area contributed by atoms with Gasteiger partial charge in [-0.1, -0.05) is 32.0 Å². The van der Waals surface area contributed by atoms with Crippen LogP contribution in [0.4, 0.5) is 0 Å². The molecule has 1 fully saturated rings. The topological polar surface area (TPSA) is 178 Å². The highest BCUT2D eigenvalue weighted by Crippen LogP contribution is 2.22. The molecule has 7 N–H and O–H groups in total. The summed E-state index contributed by atoms with van der Waals surface area (Å²) < 4.78 is 0. The fourth-order valence-corrected chi connectivity index (χ4v) is 4.34. The molecule has 1 aromatic heterocycles. The van der Waals surface area contributed by atoms with Gasteiger partial charge >= 0.3 is 5.97 Å². The van der Waals surface area contributed by atoms with Crippen LogP contribution >= 0.6 is 0 Å². The number of rotatable bonds is 10. The highest BCUT2D eigenvalue weighted by Gasteiger charge is 2.40. The molecule has 11 heteroatoms. The number of fused-ring (bicyclic) bond motifs is 1. The van der Waals surface area contributed by atoms with Crippen LogP contribution in [0.5, 0.6) is 0 Å². The molecule has 35 heavy (non-hydrogen) atoms. The lowest BCUT2D eigenvalue weighted by atomic mass is 10.00. The molecule has 3 rings (SSSR count). The molecule has 3 amide bonds. The number of para-hydroxylation sites is 1. The standard InChI is InChI=1S/C24H33N5O6/c1-13(2)20(23(33)29-9-5-8-19(29)22(32)27-18(12-30)24(34)35)28-21(31)16(25)10-14-11-26-17-7-4-3-6-15(14)17/h3-4,6-7,11,13,16,18-20,26,30H,5,8-10,12,25H2,1-2H3,(H,27,32)(H,28,31)(H,34,35). The molecule has 1 aliphatic rings. The second-order valence-corrected chi connectivity index (χ2v) is 9.17. The molecular formula is C24H33N5O6. The van der Waals surface area contributed by atoms with Crippen molar-refractivity contribution in [3.8, 4) is 0 Å². The number of aliphatic hydroxyl groups excluding tert-OH is 1. The molecular weight excluding hydrogens is 454 g/mol. The van der Waals surface area contributed by atoms with E-state index in [1.807, 2.05) is 30.5 Å². The Bertz CT molecular complexity index is 1080. The number of nitrogens with zero attached hydrogens (tertiary/aromatic N) is 1. The predicted octanol–water partition coefficient (Wildman–Crippen LogP) is -0.269. The number of aromatic amines is 1. The molecule has 4 atom stereocenters. The number of nitrogens with two attached hydrogens (primary N) is 1. The van der Waals surface area contributed by atoms with E-state index in [2.05, 4.69) is 15.6 Å². The van der Waals surface area contributed by atoms with E-state index < -0.39 is 54.5 Å². The number of carboxylic acids is 1. The quantitative estimate of drug-likeness (QED) is 0.267. The van der Waals surface area contributed by atoms with Crippen molar-refractivity contribution in [2.45, 2.75) is 57.3 Å². The SMILES string of the molecule is CC(C)C(NC(=O)C(N)Cc1c[nH]c2ccccc12)C(=O)N1CCCC1C(=O)NC(CO)C(=O)O. The summed E-state index contributed by atoms with van der Waals surface area (Å²) in [7, 11) is 0. The van der Waals surface area contributed by atoms with Gasteiger partial charge in [0.2, 0.25) is 17.7 Å². The van der Waals surface area contributed by atoms with E-state index in [0.717, 1.165) is 16.5 Å². The number of carbonyl (C=O) groups excluding carboxylic acids is 3. The lowest BCUT2D eigenvalue weighted by Crippen LogP contribution is -2.58. The zero-order chi connectivity index (χ0) is 25.7. The number of hydrogen-bond acceptors (Lipinski definition) is 6. The van der Waals surface area contributed by atoms with Crippen molar-refractivity contribution in [2.75, 3.05) is 13.2 Å². The summed E-state index contributed by atoms with van der Waals surface area (Å²) in [6.45, 7) is 3.10. The van der Waals surface area contributed by atoms with E-state index in [0.29, 0.717) is 19.4 Å². The maximum atomic E-state index is 13.4. The van der Waals surface area contributed by atoms with E-state index in [4.69, 9.17) is 10.8 Å². The normalized spacial score (nSPS) is 18.3. The summed E-state index contributed by atoms with van der Waals surface area (Å²) in [5, 5.41) is 24.3. The monoisotopic (exact) mass is 487 g/mol. The smallest absolute Gasteiger partial charge is 0.328 e. The zero-order valence-corrected chi connectivity index (χ0v) is 19.9. The summed E-state index contributed by atoms with van der Waals surface area (Å²) >= 11 is 0. The molecule has 2 heterocycles. The zero-order valence-electron chi connectivity index (χ0n) is 19.9. The first-order valence-corrected chi connectivity index (χ1v) is 11.7. The third kappa shape index (κ3) is 5.98. The largest absolute Gasteiger partial charge is 0.480 e. The number of nitrogens with one attached hydrogen (secondary N) is 3. The maximum Gasteiger partial charge on any atom is 0.328 e. The molecule has 11 nitrogen and oxygen atoms in total. The Morgan fingerprint density at radius 1 is 1.20 bits per heavy atom. The number of benzene rings is 1. The van der Waals surface area contributed by atoms with Crippen LogP contribution in [0.2, 0.25) is 0 Å². The lowest BCUT2D eigenvalue weighted by molar-refractivity contribution is -0.146. The first-order chi connectivity index (χ1) is 16.6. The van der Waals surface area contributed by atoms with Crippen LogP contribution in [0.15, 0.2) is 30.5 Å². The van der Waals surface area contributed by atoms with Gasteiger partial charge in [0.1, 0.15) is 18.1 Å². The Hall–Kier alpha value is -3.44. The molecule has 0 saturated carbocycles. The number of H-pyrrole nitrogens is 1. The molecule has 0 bridgehead atoms. The molecule has 2 aromatic rings. The second-order valence-electron chi connectivity index (χ2n) is 9.17. The number of aromatic nitrogens is 1. The summed E-state index contributed by atoms with van der Waals surface area (Å²) in [6, 6.07) is 3.56. The Kier molecular flexibility index (Phi) is 8.47. The van der Waals surface area contributed by atoms with Gasteiger partial charge in [-0.15, -0.1) is 0 Å². The third-order valence-electron chi connectivity index (χ3n) is 6.32. The van der Waals surface area contributed by atoms with Gasteiger partial charge in [0, 0.05) is 23.6 Å². The Morgan fingerprint density at radius 2 is 1.91 bits per heavy atom. The fraction of sp³-hybridized carbons (Fsp3) is 0.500. The average molecular weight is 488 g/mol. The minimum Gasteiger partial charge on any atom is -0.480 e. The summed E-state index contributed by atoms with van der Waals surface area (Å²) in [5.41, 5.74) is 8.01. The van der Waals surface area contributed by atoms with Gasteiger partial charge in [-0.25, -0.2) is 4.79 Å². The molecule has 190 valence electrons. The highest BCUT2D eigenvalue weighted by molar-refractivity contribution is 5.95. The van der Waals surface area contributed by atoms with Crippen molar-refractivity contribution in [3.63, 3.8) is 0 Å². The van der Waals surface area contributed by atoms with Crippen LogP contribution in [0.1, 0.15) is 32.3 Å². The minimum atomic E-state index is -1.46. The molecule has 4 unspecified atom stereocenters. The van der Waals surface area contributed by atoms with E-state index in [1.165, 1.54) is 4.90 Å². The molecule has 0 aliphatic carbocycles. The van der Waals surface area contributed by atoms with Crippen molar-refractivity contribution in [1.82, 2.24) is 20.5 Å². The first-order valence-electron chi connectivity index (χ1n) is 11.7. The van der Waals surface area contributed by atoms with E-state index in [-0.39, 0.29) is 12.3 Å². The number of carbonyl (C=O) groups is 4. The van der Waals surface area contributed by atoms with Gasteiger partial charge in [-0.3, -0.25) is 14.4 Å². The maximum absolute atomic E-state index is 13.4. The molecule has 0 radical (unpaired) electrons. The first kappa shape index (κ1) is 26.2. The Labute approximate surface area is 203 Å². The van der Waals surface area contributed by atoms with Crippen LogP contribution in [0, 0.1) is 5.92 Å². The van der Waals surface area contributed by atoms with Gasteiger partial charge < -0.3 is 36.5 Å². The number of likely N-dealkylation sites (tertiary alicyclic amines) is 1. The Morgan fingerprint density at radius 3 is 2.57 bits per heavy atom. The van der Waals surface area contributed by atoms with Gasteiger partial charge in [0.15, 0.2) is 0 Å². The van der Waals surface area contributed by atoms with E-state index in [9.17, 15) is 24.3 Å². The second kappa shape index (κ2) is 11.3. The van der Waals surface area contributed by atoms with Crippen molar-refractivity contribution in [2.24, 2.45) is 11.7 Å². The molecule has 1 aliphatic heterocycles. The number of aliphatic hydroxyl groups is 1. The Balaban J connectivity index is 1.67. The van der Waals surface area contributed by atoms with Crippen LogP contribution in [-0.4, -0.2) is 81.1 Å².